The van der Waals surface area contributed by atoms with Gasteiger partial charge in [-0.05, 0) is 30.7 Å². The van der Waals surface area contributed by atoms with Crippen LogP contribution in [-0.4, -0.2) is 22.2 Å². The third kappa shape index (κ3) is 4.07. The van der Waals surface area contributed by atoms with Crippen molar-refractivity contribution in [3.63, 3.8) is 0 Å². The van der Waals surface area contributed by atoms with Crippen LogP contribution < -0.4 is 0 Å². The number of hydrogen-bond donors (Lipinski definition) is 1. The molecule has 1 N–H and O–H groups in total. The maximum atomic E-state index is 11.8. The third-order valence-corrected chi connectivity index (χ3v) is 4.28. The Hall–Kier alpha value is -1.35. The Morgan fingerprint density at radius 3 is 2.45 bits per heavy atom. The van der Waals surface area contributed by atoms with Gasteiger partial charge in [0.25, 0.3) is 0 Å². The van der Waals surface area contributed by atoms with E-state index in [0.717, 1.165) is 25.7 Å². The number of carboxylic acid groups (broad SMARTS) is 1. The van der Waals surface area contributed by atoms with Gasteiger partial charge in [-0.1, -0.05) is 30.7 Å². The number of carbonyl (C=O) groups excluding carboxylic acids is 1. The number of hydrogen-bond acceptors (Lipinski definition) is 2. The fourth-order valence-corrected chi connectivity index (χ4v) is 3.11. The zero-order valence-corrected chi connectivity index (χ0v) is 12.1. The summed E-state index contributed by atoms with van der Waals surface area (Å²) in [5.74, 6) is -0.572. The van der Waals surface area contributed by atoms with Crippen molar-refractivity contribution in [3.8, 4) is 0 Å². The monoisotopic (exact) mass is 294 g/mol. The molecular weight excluding hydrogens is 276 g/mol. The summed E-state index contributed by atoms with van der Waals surface area (Å²) in [7, 11) is 0. The lowest BCUT2D eigenvalue weighted by Crippen LogP contribution is -2.14. The number of ketones is 1. The largest absolute Gasteiger partial charge is 0.481 e. The fourth-order valence-electron chi connectivity index (χ4n) is 2.74. The van der Waals surface area contributed by atoms with Gasteiger partial charge in [0.2, 0.25) is 0 Å². The predicted octanol–water partition coefficient (Wildman–Crippen LogP) is 4.00. The van der Waals surface area contributed by atoms with Crippen molar-refractivity contribution >= 4 is 23.4 Å². The summed E-state index contributed by atoms with van der Waals surface area (Å²) in [5, 5.41) is 8.84. The van der Waals surface area contributed by atoms with E-state index in [2.05, 4.69) is 0 Å². The van der Waals surface area contributed by atoms with E-state index in [-0.39, 0.29) is 24.0 Å². The lowest BCUT2D eigenvalue weighted by molar-refractivity contribution is -0.136. The standard InChI is InChI=1S/C16H19ClO3/c17-14-3-1-2-13(10-14)11-4-6-12(7-5-11)15(18)8-9-16(19)20/h4-7,13-14H,1-3,8-10H2,(H,19,20). The molecule has 1 fully saturated rings. The third-order valence-electron chi connectivity index (χ3n) is 3.88. The predicted molar refractivity (Wildman–Crippen MR) is 78.5 cm³/mol. The van der Waals surface area contributed by atoms with Crippen LogP contribution in [0.5, 0.6) is 0 Å². The second kappa shape index (κ2) is 6.89. The lowest BCUT2D eigenvalue weighted by Gasteiger charge is -2.25. The van der Waals surface area contributed by atoms with Gasteiger partial charge in [0.15, 0.2) is 5.78 Å². The molecule has 0 spiro atoms. The van der Waals surface area contributed by atoms with Crippen LogP contribution in [0.2, 0.25) is 0 Å². The Labute approximate surface area is 123 Å². The Kier molecular flexibility index (Phi) is 5.18. The van der Waals surface area contributed by atoms with Gasteiger partial charge >= 0.3 is 5.97 Å². The van der Waals surface area contributed by atoms with E-state index in [1.807, 2.05) is 12.1 Å². The number of benzene rings is 1. The summed E-state index contributed by atoms with van der Waals surface area (Å²) >= 11 is 6.20. The zero-order chi connectivity index (χ0) is 14.5. The van der Waals surface area contributed by atoms with Crippen LogP contribution in [0.4, 0.5) is 0 Å². The smallest absolute Gasteiger partial charge is 0.303 e. The van der Waals surface area contributed by atoms with Gasteiger partial charge in [-0.2, -0.15) is 0 Å². The van der Waals surface area contributed by atoms with Crippen LogP contribution in [0.1, 0.15) is 60.4 Å². The van der Waals surface area contributed by atoms with Crippen molar-refractivity contribution in [2.75, 3.05) is 0 Å². The minimum absolute atomic E-state index is 0.0574. The summed E-state index contributed by atoms with van der Waals surface area (Å²) in [6.45, 7) is 0. The molecule has 2 unspecified atom stereocenters. The summed E-state index contributed by atoms with van der Waals surface area (Å²) in [4.78, 5) is 22.3. The molecule has 1 saturated carbocycles. The Morgan fingerprint density at radius 2 is 1.85 bits per heavy atom. The topological polar surface area (TPSA) is 54.4 Å². The molecule has 1 aromatic carbocycles. The maximum absolute atomic E-state index is 11.8. The van der Waals surface area contributed by atoms with E-state index in [1.165, 1.54) is 5.56 Å². The molecule has 0 saturated heterocycles. The second-order valence-electron chi connectivity index (χ2n) is 5.40. The molecule has 0 aliphatic heterocycles. The number of halogens is 1. The number of carboxylic acids is 1. The molecule has 4 heteroatoms. The Bertz CT molecular complexity index is 481. The first-order chi connectivity index (χ1) is 9.56. The zero-order valence-electron chi connectivity index (χ0n) is 11.3. The quantitative estimate of drug-likeness (QED) is 0.659. The number of Topliss-reactive ketones (excluding diaryl/α,β-unsaturated/α-hetero) is 1. The first-order valence-corrected chi connectivity index (χ1v) is 7.49. The minimum Gasteiger partial charge on any atom is -0.481 e. The van der Waals surface area contributed by atoms with E-state index in [0.29, 0.717) is 11.5 Å². The van der Waals surface area contributed by atoms with Crippen LogP contribution in [0.25, 0.3) is 0 Å². The number of aliphatic carboxylic acids is 1. The van der Waals surface area contributed by atoms with Crippen LogP contribution in [0, 0.1) is 0 Å². The molecule has 0 bridgehead atoms. The Balaban J connectivity index is 1.98. The molecule has 2 atom stereocenters. The summed E-state index contributed by atoms with van der Waals surface area (Å²) in [6.07, 6.45) is 4.32. The van der Waals surface area contributed by atoms with Crippen LogP contribution in [0.15, 0.2) is 24.3 Å². The van der Waals surface area contributed by atoms with Crippen molar-refractivity contribution in [2.45, 2.75) is 49.8 Å². The highest BCUT2D eigenvalue weighted by atomic mass is 35.5. The number of alkyl halides is 1. The molecule has 2 rings (SSSR count). The number of rotatable bonds is 5. The van der Waals surface area contributed by atoms with E-state index < -0.39 is 5.97 Å². The number of carbonyl (C=O) groups is 2. The molecule has 0 heterocycles. The highest BCUT2D eigenvalue weighted by molar-refractivity contribution is 6.20. The van der Waals surface area contributed by atoms with E-state index in [1.54, 1.807) is 12.1 Å². The second-order valence-corrected chi connectivity index (χ2v) is 6.02. The van der Waals surface area contributed by atoms with Crippen molar-refractivity contribution in [3.05, 3.63) is 35.4 Å². The molecular formula is C16H19ClO3. The average Bonchev–Trinajstić information content (AvgIpc) is 2.45. The van der Waals surface area contributed by atoms with Gasteiger partial charge in [0, 0.05) is 17.4 Å². The molecule has 0 radical (unpaired) electrons. The first-order valence-electron chi connectivity index (χ1n) is 7.05. The first kappa shape index (κ1) is 15.0. The van der Waals surface area contributed by atoms with Crippen LogP contribution >= 0.6 is 11.6 Å². The highest BCUT2D eigenvalue weighted by Gasteiger charge is 2.21. The molecule has 1 aliphatic rings. The molecule has 0 amide bonds. The normalized spacial score (nSPS) is 22.4. The lowest BCUT2D eigenvalue weighted by atomic mass is 9.83. The van der Waals surface area contributed by atoms with Gasteiger partial charge < -0.3 is 5.11 Å². The Morgan fingerprint density at radius 1 is 1.15 bits per heavy atom. The SMILES string of the molecule is O=C(O)CCC(=O)c1ccc(C2CCCC(Cl)C2)cc1. The summed E-state index contributed by atoms with van der Waals surface area (Å²) in [6, 6.07) is 7.57. The molecule has 108 valence electrons. The van der Waals surface area contributed by atoms with Gasteiger partial charge in [0.1, 0.15) is 0 Å². The van der Waals surface area contributed by atoms with Gasteiger partial charge in [-0.25, -0.2) is 0 Å². The van der Waals surface area contributed by atoms with Gasteiger partial charge in [-0.3, -0.25) is 9.59 Å². The average molecular weight is 295 g/mol. The van der Waals surface area contributed by atoms with Crippen LogP contribution in [-0.2, 0) is 4.79 Å². The van der Waals surface area contributed by atoms with Crippen molar-refractivity contribution in [1.29, 1.82) is 0 Å². The van der Waals surface area contributed by atoms with Crippen molar-refractivity contribution in [2.24, 2.45) is 0 Å². The van der Waals surface area contributed by atoms with E-state index >= 15 is 0 Å². The molecule has 20 heavy (non-hydrogen) atoms. The van der Waals surface area contributed by atoms with E-state index in [9.17, 15) is 9.59 Å². The van der Waals surface area contributed by atoms with Crippen molar-refractivity contribution in [1.82, 2.24) is 0 Å². The molecule has 0 aromatic heterocycles. The van der Waals surface area contributed by atoms with Gasteiger partial charge in [0.05, 0.1) is 6.42 Å². The molecule has 1 aliphatic carbocycles. The van der Waals surface area contributed by atoms with Crippen molar-refractivity contribution < 1.29 is 14.7 Å². The maximum Gasteiger partial charge on any atom is 0.303 e. The molecule has 3 nitrogen and oxygen atoms in total. The van der Waals surface area contributed by atoms with E-state index in [4.69, 9.17) is 16.7 Å². The highest BCUT2D eigenvalue weighted by Crippen LogP contribution is 2.35. The summed E-state index contributed by atoms with van der Waals surface area (Å²) in [5.41, 5.74) is 1.82. The fraction of sp³-hybridized carbons (Fsp3) is 0.500. The van der Waals surface area contributed by atoms with Crippen LogP contribution in [0.3, 0.4) is 0 Å². The summed E-state index contributed by atoms with van der Waals surface area (Å²) < 4.78 is 0. The minimum atomic E-state index is -0.940. The van der Waals surface area contributed by atoms with Gasteiger partial charge in [-0.15, -0.1) is 11.6 Å². The molecule has 1 aromatic rings.